The maximum Gasteiger partial charge on any atom is 0.266 e. The number of hydrogen-bond acceptors (Lipinski definition) is 5. The van der Waals surface area contributed by atoms with Gasteiger partial charge < -0.3 is 5.73 Å². The molecule has 3 aromatic rings. The Morgan fingerprint density at radius 2 is 1.93 bits per heavy atom. The number of hydrogen-bond donors (Lipinski definition) is 1. The Kier molecular flexibility index (Phi) is 4.13. The molecule has 135 valence electrons. The van der Waals surface area contributed by atoms with Gasteiger partial charge in [-0.3, -0.25) is 14.7 Å². The molecule has 0 saturated heterocycles. The van der Waals surface area contributed by atoms with E-state index in [1.54, 1.807) is 49.6 Å². The Morgan fingerprint density at radius 1 is 1.14 bits per heavy atom. The predicted molar refractivity (Wildman–Crippen MR) is 105 cm³/mol. The van der Waals surface area contributed by atoms with Crippen molar-refractivity contribution >= 4 is 11.9 Å². The Labute approximate surface area is 162 Å². The van der Waals surface area contributed by atoms with Crippen LogP contribution in [0.2, 0.25) is 0 Å². The molecular weight excluding hydrogens is 350 g/mol. The van der Waals surface area contributed by atoms with Gasteiger partial charge in [-0.1, -0.05) is 36.4 Å². The van der Waals surface area contributed by atoms with Crippen molar-refractivity contribution in [1.82, 2.24) is 9.88 Å². The molecule has 1 aliphatic heterocycles. The zero-order valence-electron chi connectivity index (χ0n) is 15.1. The van der Waals surface area contributed by atoms with Crippen molar-refractivity contribution in [3.63, 3.8) is 0 Å². The summed E-state index contributed by atoms with van der Waals surface area (Å²) in [6.45, 7) is 0. The summed E-state index contributed by atoms with van der Waals surface area (Å²) >= 11 is 0. The molecule has 1 atom stereocenters. The maximum absolute atomic E-state index is 13.2. The largest absolute Gasteiger partial charge is 0.369 e. The van der Waals surface area contributed by atoms with Crippen LogP contribution in [0.4, 0.5) is 0 Å². The number of aromatic nitrogens is 1. The lowest BCUT2D eigenvalue weighted by Gasteiger charge is -2.26. The first-order chi connectivity index (χ1) is 13.6. The lowest BCUT2D eigenvalue weighted by Crippen LogP contribution is -2.41. The molecule has 0 fully saturated rings. The van der Waals surface area contributed by atoms with Crippen LogP contribution in [0.5, 0.6) is 0 Å². The number of likely N-dealkylation sites (N-methyl/N-ethyl adjacent to an activating group) is 1. The van der Waals surface area contributed by atoms with Crippen molar-refractivity contribution in [2.24, 2.45) is 10.7 Å². The molecule has 4 rings (SSSR count). The van der Waals surface area contributed by atoms with Crippen LogP contribution in [-0.2, 0) is 10.3 Å². The number of nitrogens with zero attached hydrogens (tertiary/aromatic N) is 4. The lowest BCUT2D eigenvalue weighted by molar-refractivity contribution is -0.129. The standard InChI is InChI=1S/C22H16N5O/c1-27-20(28)22(26-21(27)24,17-8-3-2-4-9-17)18-10-11-25-19(13-18)16-7-5-6-15(12-16)14-23/h3-13H,1H3,(H2,24,26). The third-order valence-electron chi connectivity index (χ3n) is 4.84. The second kappa shape index (κ2) is 6.63. The Balaban J connectivity index is 1.92. The van der Waals surface area contributed by atoms with Crippen LogP contribution in [0.1, 0.15) is 16.7 Å². The van der Waals surface area contributed by atoms with Gasteiger partial charge in [-0.15, -0.1) is 0 Å². The summed E-state index contributed by atoms with van der Waals surface area (Å²) in [6, 6.07) is 23.0. The van der Waals surface area contributed by atoms with Gasteiger partial charge in [0.1, 0.15) is 0 Å². The fraction of sp³-hybridized carbons (Fsp3) is 0.0909. The van der Waals surface area contributed by atoms with Gasteiger partial charge in [0.25, 0.3) is 5.91 Å². The van der Waals surface area contributed by atoms with E-state index in [4.69, 9.17) is 11.0 Å². The molecule has 0 aliphatic carbocycles. The van der Waals surface area contributed by atoms with Crippen LogP contribution < -0.4 is 5.73 Å². The topological polar surface area (TPSA) is 95.4 Å². The van der Waals surface area contributed by atoms with Crippen molar-refractivity contribution in [3.05, 3.63) is 89.6 Å². The summed E-state index contributed by atoms with van der Waals surface area (Å²) in [4.78, 5) is 23.6. The van der Waals surface area contributed by atoms with Crippen LogP contribution in [0.25, 0.3) is 11.3 Å². The molecule has 6 nitrogen and oxygen atoms in total. The lowest BCUT2D eigenvalue weighted by atomic mass is 9.82. The van der Waals surface area contributed by atoms with Crippen LogP contribution in [0, 0.1) is 17.4 Å². The van der Waals surface area contributed by atoms with Gasteiger partial charge >= 0.3 is 0 Å². The number of carbonyl (C=O) groups excluding carboxylic acids is 1. The van der Waals surface area contributed by atoms with Crippen LogP contribution in [0.15, 0.2) is 71.9 Å². The molecule has 2 aromatic carbocycles. The van der Waals surface area contributed by atoms with Gasteiger partial charge in [0.15, 0.2) is 11.5 Å². The Hall–Kier alpha value is -3.98. The number of nitrogens with two attached hydrogens (primary N) is 1. The zero-order chi connectivity index (χ0) is 19.7. The smallest absolute Gasteiger partial charge is 0.266 e. The van der Waals surface area contributed by atoms with Crippen LogP contribution in [-0.4, -0.2) is 28.8 Å². The third kappa shape index (κ3) is 2.61. The van der Waals surface area contributed by atoms with Crippen molar-refractivity contribution in [1.29, 1.82) is 5.26 Å². The highest BCUT2D eigenvalue weighted by Crippen LogP contribution is 2.39. The van der Waals surface area contributed by atoms with Crippen molar-refractivity contribution in [3.8, 4) is 17.3 Å². The summed E-state index contributed by atoms with van der Waals surface area (Å²) in [6.07, 6.45) is 1.64. The molecule has 0 saturated carbocycles. The van der Waals surface area contributed by atoms with Gasteiger partial charge in [-0.05, 0) is 41.5 Å². The monoisotopic (exact) mass is 366 g/mol. The molecule has 1 unspecified atom stereocenters. The summed E-state index contributed by atoms with van der Waals surface area (Å²) in [5.41, 5.74) is 8.05. The third-order valence-corrected chi connectivity index (χ3v) is 4.84. The zero-order valence-corrected chi connectivity index (χ0v) is 15.1. The van der Waals surface area contributed by atoms with Gasteiger partial charge in [-0.25, -0.2) is 4.99 Å². The summed E-state index contributed by atoms with van der Waals surface area (Å²) in [5.74, 6) is -0.0817. The summed E-state index contributed by atoms with van der Waals surface area (Å²) in [7, 11) is 1.61. The quantitative estimate of drug-likeness (QED) is 0.770. The highest BCUT2D eigenvalue weighted by molar-refractivity contribution is 6.09. The van der Waals surface area contributed by atoms with E-state index in [0.29, 0.717) is 22.4 Å². The number of guanidine groups is 1. The minimum atomic E-state index is -1.28. The van der Waals surface area contributed by atoms with E-state index in [-0.39, 0.29) is 11.9 Å². The molecule has 2 heterocycles. The predicted octanol–water partition coefficient (Wildman–Crippen LogP) is 2.45. The fourth-order valence-corrected chi connectivity index (χ4v) is 3.37. The molecule has 1 aliphatic rings. The highest BCUT2D eigenvalue weighted by atomic mass is 16.2. The molecular formula is C22H16N5O. The number of benzene rings is 2. The average molecular weight is 366 g/mol. The van der Waals surface area contributed by atoms with E-state index in [1.165, 1.54) is 4.90 Å². The van der Waals surface area contributed by atoms with Gasteiger partial charge in [0.05, 0.1) is 17.3 Å². The number of rotatable bonds is 3. The maximum atomic E-state index is 13.2. The van der Waals surface area contributed by atoms with E-state index in [0.717, 1.165) is 5.56 Å². The van der Waals surface area contributed by atoms with E-state index in [2.05, 4.69) is 22.1 Å². The minimum Gasteiger partial charge on any atom is -0.369 e. The molecule has 1 amide bonds. The van der Waals surface area contributed by atoms with Crippen LogP contribution in [0.3, 0.4) is 0 Å². The van der Waals surface area contributed by atoms with Crippen molar-refractivity contribution in [2.75, 3.05) is 7.05 Å². The number of carbonyl (C=O) groups is 1. The van der Waals surface area contributed by atoms with Crippen molar-refractivity contribution in [2.45, 2.75) is 5.54 Å². The first-order valence-corrected chi connectivity index (χ1v) is 8.63. The van der Waals surface area contributed by atoms with E-state index in [1.807, 2.05) is 24.3 Å². The Bertz CT molecular complexity index is 1130. The SMILES string of the molecule is CN1C(=O)C(c2cc[c]cc2)(c2ccnc(-c3cccc(C#N)c3)c2)N=C1N. The number of aliphatic imine (C=N–C) groups is 1. The molecule has 6 heteroatoms. The second-order valence-corrected chi connectivity index (χ2v) is 6.46. The van der Waals surface area contributed by atoms with Gasteiger partial charge in [-0.2, -0.15) is 5.26 Å². The fourth-order valence-electron chi connectivity index (χ4n) is 3.37. The first kappa shape index (κ1) is 17.4. The minimum absolute atomic E-state index is 0.155. The second-order valence-electron chi connectivity index (χ2n) is 6.46. The number of amides is 1. The molecule has 0 bridgehead atoms. The summed E-state index contributed by atoms with van der Waals surface area (Å²) in [5, 5.41) is 9.16. The molecule has 1 aromatic heterocycles. The summed E-state index contributed by atoms with van der Waals surface area (Å²) < 4.78 is 0. The highest BCUT2D eigenvalue weighted by Gasteiger charge is 2.49. The number of nitriles is 1. The van der Waals surface area contributed by atoms with Crippen LogP contribution >= 0.6 is 0 Å². The molecule has 28 heavy (non-hydrogen) atoms. The van der Waals surface area contributed by atoms with E-state index >= 15 is 0 Å². The molecule has 1 radical (unpaired) electrons. The first-order valence-electron chi connectivity index (χ1n) is 8.63. The van der Waals surface area contributed by atoms with Gasteiger partial charge in [0, 0.05) is 18.8 Å². The van der Waals surface area contributed by atoms with E-state index in [9.17, 15) is 4.79 Å². The van der Waals surface area contributed by atoms with Gasteiger partial charge in [0.2, 0.25) is 0 Å². The average Bonchev–Trinajstić information content (AvgIpc) is 2.99. The normalized spacial score (nSPS) is 18.6. The molecule has 2 N–H and O–H groups in total. The Morgan fingerprint density at radius 3 is 2.61 bits per heavy atom. The molecule has 0 spiro atoms. The van der Waals surface area contributed by atoms with E-state index < -0.39 is 5.54 Å². The van der Waals surface area contributed by atoms with Crippen molar-refractivity contribution < 1.29 is 4.79 Å². The number of pyridine rings is 1.